The van der Waals surface area contributed by atoms with E-state index in [-0.39, 0.29) is 31.8 Å². The molecule has 21 heavy (non-hydrogen) atoms. The molecule has 1 rings (SSSR count). The van der Waals surface area contributed by atoms with E-state index in [1.54, 1.807) is 24.3 Å². The molecular formula is C13H17F3N2O3. The maximum atomic E-state index is 11.9. The summed E-state index contributed by atoms with van der Waals surface area (Å²) < 4.78 is 46.0. The van der Waals surface area contributed by atoms with Crippen LogP contribution in [0.3, 0.4) is 0 Å². The zero-order chi connectivity index (χ0) is 15.7. The summed E-state index contributed by atoms with van der Waals surface area (Å²) in [6, 6.07) is 6.48. The van der Waals surface area contributed by atoms with Gasteiger partial charge in [-0.15, -0.1) is 0 Å². The van der Waals surface area contributed by atoms with Gasteiger partial charge in [0.15, 0.2) is 0 Å². The highest BCUT2D eigenvalue weighted by atomic mass is 19.4. The number of alkyl halides is 3. The molecule has 0 aromatic heterocycles. The van der Waals surface area contributed by atoms with Crippen LogP contribution in [0.4, 0.5) is 13.2 Å². The van der Waals surface area contributed by atoms with Gasteiger partial charge in [0.05, 0.1) is 12.2 Å². The molecule has 0 saturated carbocycles. The summed E-state index contributed by atoms with van der Waals surface area (Å²) in [5, 5.41) is 0. The molecule has 0 aliphatic rings. The molecule has 0 aliphatic carbocycles. The number of amides is 1. The quantitative estimate of drug-likeness (QED) is 0.333. The Morgan fingerprint density at radius 2 is 1.90 bits per heavy atom. The maximum absolute atomic E-state index is 11.9. The Morgan fingerprint density at radius 3 is 2.57 bits per heavy atom. The lowest BCUT2D eigenvalue weighted by molar-refractivity contribution is -0.138. The van der Waals surface area contributed by atoms with Crippen molar-refractivity contribution in [2.45, 2.75) is 19.0 Å². The molecule has 0 aliphatic heterocycles. The van der Waals surface area contributed by atoms with Gasteiger partial charge < -0.3 is 9.47 Å². The predicted octanol–water partition coefficient (Wildman–Crippen LogP) is 2.03. The fraction of sp³-hybridized carbons (Fsp3) is 0.462. The van der Waals surface area contributed by atoms with Gasteiger partial charge in [0, 0.05) is 13.0 Å². The number of hydrogen-bond donors (Lipinski definition) is 2. The molecule has 8 heteroatoms. The number of carbonyl (C=O) groups is 1. The third kappa shape index (κ3) is 6.96. The van der Waals surface area contributed by atoms with Crippen LogP contribution in [0.1, 0.15) is 23.2 Å². The molecule has 118 valence electrons. The lowest BCUT2D eigenvalue weighted by Crippen LogP contribution is -2.30. The molecule has 0 spiro atoms. The summed E-state index contributed by atoms with van der Waals surface area (Å²) in [5.74, 6) is 4.89. The van der Waals surface area contributed by atoms with Crippen molar-refractivity contribution >= 4 is 5.91 Å². The van der Waals surface area contributed by atoms with E-state index in [1.165, 1.54) is 0 Å². The van der Waals surface area contributed by atoms with Gasteiger partial charge in [-0.25, -0.2) is 5.84 Å². The van der Waals surface area contributed by atoms with Gasteiger partial charge in [0.2, 0.25) is 0 Å². The summed E-state index contributed by atoms with van der Waals surface area (Å²) in [6.45, 7) is 0.269. The van der Waals surface area contributed by atoms with Gasteiger partial charge in [0.1, 0.15) is 12.4 Å². The first-order valence-corrected chi connectivity index (χ1v) is 6.31. The number of nitrogen functional groups attached to an aromatic ring is 1. The van der Waals surface area contributed by atoms with Crippen molar-refractivity contribution in [2.24, 2.45) is 5.84 Å². The Labute approximate surface area is 120 Å². The molecule has 0 bridgehead atoms. The van der Waals surface area contributed by atoms with E-state index < -0.39 is 18.5 Å². The van der Waals surface area contributed by atoms with Crippen molar-refractivity contribution < 1.29 is 27.4 Å². The molecule has 0 heterocycles. The minimum absolute atomic E-state index is 0.00774. The fourth-order valence-electron chi connectivity index (χ4n) is 1.55. The number of nitrogens with two attached hydrogens (primary N) is 1. The number of carbonyl (C=O) groups excluding carboxylic acids is 1. The van der Waals surface area contributed by atoms with E-state index >= 15 is 0 Å². The van der Waals surface area contributed by atoms with Crippen LogP contribution in [-0.2, 0) is 4.74 Å². The molecule has 1 aromatic carbocycles. The van der Waals surface area contributed by atoms with E-state index in [0.717, 1.165) is 0 Å². The number of halogens is 3. The highest BCUT2D eigenvalue weighted by Gasteiger charge is 2.25. The Hall–Kier alpha value is -1.80. The lowest BCUT2D eigenvalue weighted by atomic mass is 10.2. The zero-order valence-corrected chi connectivity index (χ0v) is 11.3. The van der Waals surface area contributed by atoms with Crippen LogP contribution in [0.25, 0.3) is 0 Å². The third-order valence-corrected chi connectivity index (χ3v) is 2.50. The SMILES string of the molecule is NNC(=O)c1ccccc1OCCOCCCC(F)(F)F. The molecule has 5 nitrogen and oxygen atoms in total. The second-order valence-electron chi connectivity index (χ2n) is 4.15. The van der Waals surface area contributed by atoms with Gasteiger partial charge in [0.25, 0.3) is 5.91 Å². The smallest absolute Gasteiger partial charge is 0.389 e. The first kappa shape index (κ1) is 17.3. The summed E-state index contributed by atoms with van der Waals surface area (Å²) in [7, 11) is 0. The minimum atomic E-state index is -4.16. The van der Waals surface area contributed by atoms with Crippen molar-refractivity contribution in [2.75, 3.05) is 19.8 Å². The highest BCUT2D eigenvalue weighted by molar-refractivity contribution is 5.96. The molecule has 3 N–H and O–H groups in total. The molecule has 1 aromatic rings. The molecule has 0 atom stereocenters. The zero-order valence-electron chi connectivity index (χ0n) is 11.3. The number of para-hydroxylation sites is 1. The second kappa shape index (κ2) is 8.48. The Kier molecular flexibility index (Phi) is 6.97. The highest BCUT2D eigenvalue weighted by Crippen LogP contribution is 2.21. The van der Waals surface area contributed by atoms with E-state index in [1.807, 2.05) is 5.43 Å². The fourth-order valence-corrected chi connectivity index (χ4v) is 1.55. The number of hydrogen-bond acceptors (Lipinski definition) is 4. The van der Waals surface area contributed by atoms with Crippen LogP contribution in [-0.4, -0.2) is 31.9 Å². The van der Waals surface area contributed by atoms with Gasteiger partial charge in [-0.3, -0.25) is 10.2 Å². The van der Waals surface area contributed by atoms with Gasteiger partial charge >= 0.3 is 6.18 Å². The Balaban J connectivity index is 2.26. The number of nitrogens with one attached hydrogen (secondary N) is 1. The van der Waals surface area contributed by atoms with Gasteiger partial charge in [-0.1, -0.05) is 12.1 Å². The normalized spacial score (nSPS) is 11.2. The largest absolute Gasteiger partial charge is 0.490 e. The van der Waals surface area contributed by atoms with E-state index in [0.29, 0.717) is 5.75 Å². The number of rotatable bonds is 8. The number of ether oxygens (including phenoxy) is 2. The molecule has 0 saturated heterocycles. The van der Waals surface area contributed by atoms with Crippen LogP contribution in [0.15, 0.2) is 24.3 Å². The van der Waals surface area contributed by atoms with Crippen LogP contribution >= 0.6 is 0 Å². The van der Waals surface area contributed by atoms with Crippen molar-refractivity contribution in [3.05, 3.63) is 29.8 Å². The molecule has 1 amide bonds. The summed E-state index contributed by atoms with van der Waals surface area (Å²) in [4.78, 5) is 11.4. The Bertz CT molecular complexity index is 453. The average molecular weight is 306 g/mol. The van der Waals surface area contributed by atoms with Crippen molar-refractivity contribution in [3.63, 3.8) is 0 Å². The summed E-state index contributed by atoms with van der Waals surface area (Å²) in [5.41, 5.74) is 2.27. The van der Waals surface area contributed by atoms with Gasteiger partial charge in [-0.05, 0) is 18.6 Å². The number of hydrazine groups is 1. The van der Waals surface area contributed by atoms with E-state index in [4.69, 9.17) is 15.3 Å². The van der Waals surface area contributed by atoms with Crippen molar-refractivity contribution in [3.8, 4) is 5.75 Å². The first-order chi connectivity index (χ1) is 9.94. The molecule has 0 unspecified atom stereocenters. The standard InChI is InChI=1S/C13H17F3N2O3/c14-13(15,16)6-3-7-20-8-9-21-11-5-2-1-4-10(11)12(19)18-17/h1-2,4-5H,3,6-9,17H2,(H,18,19). The minimum Gasteiger partial charge on any atom is -0.490 e. The number of benzene rings is 1. The Morgan fingerprint density at radius 1 is 1.19 bits per heavy atom. The van der Waals surface area contributed by atoms with Crippen molar-refractivity contribution in [1.29, 1.82) is 0 Å². The summed E-state index contributed by atoms with van der Waals surface area (Å²) in [6.07, 6.45) is -5.11. The van der Waals surface area contributed by atoms with Crippen LogP contribution < -0.4 is 16.0 Å². The van der Waals surface area contributed by atoms with Crippen molar-refractivity contribution in [1.82, 2.24) is 5.43 Å². The second-order valence-corrected chi connectivity index (χ2v) is 4.15. The molecular weight excluding hydrogens is 289 g/mol. The predicted molar refractivity (Wildman–Crippen MR) is 69.7 cm³/mol. The average Bonchev–Trinajstić information content (AvgIpc) is 2.44. The summed E-state index contributed by atoms with van der Waals surface area (Å²) >= 11 is 0. The van der Waals surface area contributed by atoms with Crippen LogP contribution in [0, 0.1) is 0 Å². The molecule has 0 radical (unpaired) electrons. The van der Waals surface area contributed by atoms with Gasteiger partial charge in [-0.2, -0.15) is 13.2 Å². The first-order valence-electron chi connectivity index (χ1n) is 6.31. The van der Waals surface area contributed by atoms with Crippen LogP contribution in [0.2, 0.25) is 0 Å². The van der Waals surface area contributed by atoms with E-state index in [2.05, 4.69) is 0 Å². The van der Waals surface area contributed by atoms with Crippen LogP contribution in [0.5, 0.6) is 5.75 Å². The monoisotopic (exact) mass is 306 g/mol. The molecule has 0 fully saturated rings. The topological polar surface area (TPSA) is 73.6 Å². The van der Waals surface area contributed by atoms with E-state index in [9.17, 15) is 18.0 Å². The maximum Gasteiger partial charge on any atom is 0.389 e. The third-order valence-electron chi connectivity index (χ3n) is 2.50. The lowest BCUT2D eigenvalue weighted by Gasteiger charge is -2.11.